The second kappa shape index (κ2) is 3.77. The molecule has 0 unspecified atom stereocenters. The van der Waals surface area contributed by atoms with Gasteiger partial charge in [0.2, 0.25) is 0 Å². The van der Waals surface area contributed by atoms with Crippen LogP contribution in [0, 0.1) is 5.92 Å². The first-order chi connectivity index (χ1) is 5.18. The molecule has 1 radical (unpaired) electrons. The van der Waals surface area contributed by atoms with Crippen LogP contribution in [0.5, 0.6) is 0 Å². The van der Waals surface area contributed by atoms with E-state index in [1.165, 1.54) is 11.5 Å². The minimum absolute atomic E-state index is 0.808. The Balaban J connectivity index is 2.66. The summed E-state index contributed by atoms with van der Waals surface area (Å²) in [6, 6.07) is 7.99. The largest absolute Gasteiger partial charge is 0.0843 e. The van der Waals surface area contributed by atoms with E-state index >= 15 is 0 Å². The fourth-order valence-electron chi connectivity index (χ4n) is 1.01. The molecule has 0 fully saturated rings. The van der Waals surface area contributed by atoms with Gasteiger partial charge in [0.25, 0.3) is 0 Å². The van der Waals surface area contributed by atoms with Gasteiger partial charge in [-0.05, 0) is 30.0 Å². The smallest absolute Gasteiger partial charge is 0.0406 e. The third-order valence-corrected chi connectivity index (χ3v) is 1.72. The molecular weight excluding hydrogens is 156 g/mol. The number of benzene rings is 1. The standard InChI is InChI=1S/C10H12Cl/c1-8(2)7-9-3-5-10(11)6-4-9/h3-6H,7H2,1-2H3. The van der Waals surface area contributed by atoms with Gasteiger partial charge in [0.05, 0.1) is 0 Å². The zero-order valence-electron chi connectivity index (χ0n) is 6.89. The molecule has 0 nitrogen and oxygen atoms in total. The van der Waals surface area contributed by atoms with Gasteiger partial charge in [-0.25, -0.2) is 0 Å². The molecule has 0 atom stereocenters. The third kappa shape index (κ3) is 2.94. The number of hydrogen-bond acceptors (Lipinski definition) is 0. The average molecular weight is 168 g/mol. The SMILES string of the molecule is C[C](C)Cc1ccc(Cl)cc1. The Morgan fingerprint density at radius 1 is 1.18 bits per heavy atom. The first-order valence-electron chi connectivity index (χ1n) is 3.72. The van der Waals surface area contributed by atoms with Crippen molar-refractivity contribution >= 4 is 11.6 Å². The van der Waals surface area contributed by atoms with Crippen molar-refractivity contribution in [3.63, 3.8) is 0 Å². The van der Waals surface area contributed by atoms with Gasteiger partial charge in [-0.2, -0.15) is 0 Å². The quantitative estimate of drug-likeness (QED) is 0.633. The van der Waals surface area contributed by atoms with E-state index in [0.717, 1.165) is 11.4 Å². The summed E-state index contributed by atoms with van der Waals surface area (Å²) in [7, 11) is 0. The predicted octanol–water partition coefficient (Wildman–Crippen LogP) is 3.50. The molecule has 0 aliphatic rings. The van der Waals surface area contributed by atoms with Crippen molar-refractivity contribution in [2.75, 3.05) is 0 Å². The van der Waals surface area contributed by atoms with Crippen LogP contribution >= 0.6 is 11.6 Å². The van der Waals surface area contributed by atoms with Gasteiger partial charge in [0.1, 0.15) is 0 Å². The molecule has 1 heteroatoms. The zero-order valence-corrected chi connectivity index (χ0v) is 7.65. The molecular formula is C10H12Cl. The molecule has 59 valence electrons. The van der Waals surface area contributed by atoms with Crippen molar-refractivity contribution in [1.29, 1.82) is 0 Å². The fraction of sp³-hybridized carbons (Fsp3) is 0.300. The molecule has 0 saturated carbocycles. The molecule has 1 aromatic rings. The molecule has 0 aliphatic heterocycles. The topological polar surface area (TPSA) is 0 Å². The van der Waals surface area contributed by atoms with Gasteiger partial charge in [-0.15, -0.1) is 0 Å². The number of hydrogen-bond donors (Lipinski definition) is 0. The van der Waals surface area contributed by atoms with Gasteiger partial charge in [-0.3, -0.25) is 0 Å². The lowest BCUT2D eigenvalue weighted by Gasteiger charge is -2.03. The Morgan fingerprint density at radius 3 is 2.18 bits per heavy atom. The highest BCUT2D eigenvalue weighted by molar-refractivity contribution is 6.30. The normalized spacial score (nSPS) is 10.5. The van der Waals surface area contributed by atoms with Crippen LogP contribution in [0.1, 0.15) is 19.4 Å². The monoisotopic (exact) mass is 167 g/mol. The third-order valence-electron chi connectivity index (χ3n) is 1.47. The Bertz CT molecular complexity index is 211. The maximum Gasteiger partial charge on any atom is 0.0406 e. The molecule has 0 saturated heterocycles. The van der Waals surface area contributed by atoms with Gasteiger partial charge < -0.3 is 0 Å². The lowest BCUT2D eigenvalue weighted by molar-refractivity contribution is 0.957. The molecule has 1 aromatic carbocycles. The van der Waals surface area contributed by atoms with Crippen LogP contribution < -0.4 is 0 Å². The molecule has 0 bridgehead atoms. The molecule has 0 N–H and O–H groups in total. The van der Waals surface area contributed by atoms with Crippen molar-refractivity contribution in [3.8, 4) is 0 Å². The van der Waals surface area contributed by atoms with Crippen LogP contribution in [0.15, 0.2) is 24.3 Å². The van der Waals surface area contributed by atoms with E-state index in [2.05, 4.69) is 26.0 Å². The highest BCUT2D eigenvalue weighted by Crippen LogP contribution is 2.13. The summed E-state index contributed by atoms with van der Waals surface area (Å²) < 4.78 is 0. The highest BCUT2D eigenvalue weighted by Gasteiger charge is 1.96. The van der Waals surface area contributed by atoms with Crippen LogP contribution in [-0.4, -0.2) is 0 Å². The Morgan fingerprint density at radius 2 is 1.73 bits per heavy atom. The van der Waals surface area contributed by atoms with Gasteiger partial charge in [-0.1, -0.05) is 37.6 Å². The first-order valence-corrected chi connectivity index (χ1v) is 4.10. The summed E-state index contributed by atoms with van der Waals surface area (Å²) in [5, 5.41) is 0.808. The van der Waals surface area contributed by atoms with Crippen molar-refractivity contribution < 1.29 is 0 Å². The lowest BCUT2D eigenvalue weighted by Crippen LogP contribution is -1.90. The lowest BCUT2D eigenvalue weighted by atomic mass is 10.0. The fourth-order valence-corrected chi connectivity index (χ4v) is 1.14. The van der Waals surface area contributed by atoms with Gasteiger partial charge >= 0.3 is 0 Å². The minimum Gasteiger partial charge on any atom is -0.0843 e. The molecule has 0 heterocycles. The average Bonchev–Trinajstić information content (AvgIpc) is 1.93. The highest BCUT2D eigenvalue weighted by atomic mass is 35.5. The van der Waals surface area contributed by atoms with Crippen LogP contribution in [-0.2, 0) is 6.42 Å². The summed E-state index contributed by atoms with van der Waals surface area (Å²) in [6.45, 7) is 4.27. The van der Waals surface area contributed by atoms with Gasteiger partial charge in [0, 0.05) is 5.02 Å². The molecule has 1 rings (SSSR count). The van der Waals surface area contributed by atoms with E-state index in [1.54, 1.807) is 0 Å². The van der Waals surface area contributed by atoms with E-state index in [0.29, 0.717) is 0 Å². The van der Waals surface area contributed by atoms with Crippen molar-refractivity contribution in [2.45, 2.75) is 20.3 Å². The summed E-state index contributed by atoms with van der Waals surface area (Å²) >= 11 is 5.74. The second-order valence-corrected chi connectivity index (χ2v) is 3.45. The van der Waals surface area contributed by atoms with E-state index in [4.69, 9.17) is 11.6 Å². The summed E-state index contributed by atoms with van der Waals surface area (Å²) in [5.41, 5.74) is 1.33. The minimum atomic E-state index is 0.808. The van der Waals surface area contributed by atoms with Crippen LogP contribution in [0.3, 0.4) is 0 Å². The molecule has 11 heavy (non-hydrogen) atoms. The summed E-state index contributed by atoms with van der Waals surface area (Å²) in [6.07, 6.45) is 1.05. The molecule has 0 amide bonds. The van der Waals surface area contributed by atoms with E-state index in [-0.39, 0.29) is 0 Å². The molecule has 0 spiro atoms. The van der Waals surface area contributed by atoms with Gasteiger partial charge in [0.15, 0.2) is 0 Å². The molecule has 0 aromatic heterocycles. The maximum atomic E-state index is 5.74. The predicted molar refractivity (Wildman–Crippen MR) is 49.7 cm³/mol. The van der Waals surface area contributed by atoms with E-state index < -0.39 is 0 Å². The van der Waals surface area contributed by atoms with E-state index in [9.17, 15) is 0 Å². The van der Waals surface area contributed by atoms with Crippen LogP contribution in [0.2, 0.25) is 5.02 Å². The Hall–Kier alpha value is -0.490. The van der Waals surface area contributed by atoms with Crippen molar-refractivity contribution in [3.05, 3.63) is 40.8 Å². The van der Waals surface area contributed by atoms with Crippen LogP contribution in [0.25, 0.3) is 0 Å². The summed E-state index contributed by atoms with van der Waals surface area (Å²) in [4.78, 5) is 0. The van der Waals surface area contributed by atoms with Crippen molar-refractivity contribution in [2.24, 2.45) is 0 Å². The Labute approximate surface area is 73.2 Å². The Kier molecular flexibility index (Phi) is 2.95. The van der Waals surface area contributed by atoms with Crippen LogP contribution in [0.4, 0.5) is 0 Å². The number of rotatable bonds is 2. The number of halogens is 1. The van der Waals surface area contributed by atoms with E-state index in [1.807, 2.05) is 12.1 Å². The maximum absolute atomic E-state index is 5.74. The second-order valence-electron chi connectivity index (χ2n) is 3.01. The first kappa shape index (κ1) is 8.61. The van der Waals surface area contributed by atoms with Crippen molar-refractivity contribution in [1.82, 2.24) is 0 Å². The zero-order chi connectivity index (χ0) is 8.27. The summed E-state index contributed by atoms with van der Waals surface area (Å²) in [5.74, 6) is 1.42. The molecule has 0 aliphatic carbocycles.